The van der Waals surface area contributed by atoms with Crippen LogP contribution in [0.25, 0.3) is 5.69 Å². The molecule has 0 aliphatic carbocycles. The lowest BCUT2D eigenvalue weighted by Gasteiger charge is -2.22. The van der Waals surface area contributed by atoms with Crippen molar-refractivity contribution in [3.8, 4) is 11.4 Å². The number of hydrogen-bond acceptors (Lipinski definition) is 7. The third-order valence-electron chi connectivity index (χ3n) is 4.80. The van der Waals surface area contributed by atoms with Gasteiger partial charge in [0.1, 0.15) is 25.0 Å². The van der Waals surface area contributed by atoms with Gasteiger partial charge < -0.3 is 18.9 Å². The standard InChI is InChI=1S/C20H23N5O4/c1-2-24(11-17-4-3-9-27-17)20(26)19-10-18(29-23-19)12-28-16-7-5-15(6-8-16)25-14-21-13-22-25/h5-8,10,13-14,17H,2-4,9,11-12H2,1H3/t17-/m1/s1. The number of carbonyl (C=O) groups is 1. The van der Waals surface area contributed by atoms with Crippen molar-refractivity contribution in [1.82, 2.24) is 24.8 Å². The lowest BCUT2D eigenvalue weighted by molar-refractivity contribution is 0.0531. The molecule has 0 unspecified atom stereocenters. The van der Waals surface area contributed by atoms with Gasteiger partial charge in [0.2, 0.25) is 0 Å². The molecule has 2 aromatic heterocycles. The topological polar surface area (TPSA) is 95.5 Å². The van der Waals surface area contributed by atoms with E-state index in [1.807, 2.05) is 31.2 Å². The molecule has 0 N–H and O–H groups in total. The summed E-state index contributed by atoms with van der Waals surface area (Å²) in [6, 6.07) is 9.05. The predicted molar refractivity (Wildman–Crippen MR) is 103 cm³/mol. The highest BCUT2D eigenvalue weighted by Gasteiger charge is 2.24. The third-order valence-corrected chi connectivity index (χ3v) is 4.80. The highest BCUT2D eigenvalue weighted by Crippen LogP contribution is 2.18. The average Bonchev–Trinajstić information content (AvgIpc) is 3.53. The minimum Gasteiger partial charge on any atom is -0.486 e. The van der Waals surface area contributed by atoms with Crippen molar-refractivity contribution in [3.63, 3.8) is 0 Å². The maximum absolute atomic E-state index is 12.7. The number of aromatic nitrogens is 4. The van der Waals surface area contributed by atoms with Crippen LogP contribution in [0.15, 0.2) is 47.5 Å². The fourth-order valence-electron chi connectivity index (χ4n) is 3.22. The second-order valence-electron chi connectivity index (χ2n) is 6.78. The number of nitrogens with zero attached hydrogens (tertiary/aromatic N) is 5. The number of carbonyl (C=O) groups excluding carboxylic acids is 1. The fraction of sp³-hybridized carbons (Fsp3) is 0.400. The molecule has 1 saturated heterocycles. The quantitative estimate of drug-likeness (QED) is 0.576. The van der Waals surface area contributed by atoms with Gasteiger partial charge in [-0.1, -0.05) is 5.16 Å². The summed E-state index contributed by atoms with van der Waals surface area (Å²) in [7, 11) is 0. The summed E-state index contributed by atoms with van der Waals surface area (Å²) >= 11 is 0. The molecular weight excluding hydrogens is 374 g/mol. The minimum atomic E-state index is -0.157. The van der Waals surface area contributed by atoms with Crippen molar-refractivity contribution >= 4 is 5.91 Å². The van der Waals surface area contributed by atoms with E-state index in [-0.39, 0.29) is 24.3 Å². The van der Waals surface area contributed by atoms with Crippen LogP contribution in [0.2, 0.25) is 0 Å². The van der Waals surface area contributed by atoms with E-state index in [9.17, 15) is 4.79 Å². The molecule has 29 heavy (non-hydrogen) atoms. The molecule has 4 rings (SSSR count). The number of rotatable bonds is 8. The molecule has 1 atom stereocenters. The second-order valence-corrected chi connectivity index (χ2v) is 6.78. The molecule has 0 bridgehead atoms. The molecule has 0 spiro atoms. The molecular formula is C20H23N5O4. The fourth-order valence-corrected chi connectivity index (χ4v) is 3.22. The van der Waals surface area contributed by atoms with Crippen LogP contribution in [0.4, 0.5) is 0 Å². The molecule has 3 aromatic rings. The van der Waals surface area contributed by atoms with E-state index in [1.54, 1.807) is 22.0 Å². The Hall–Kier alpha value is -3.20. The van der Waals surface area contributed by atoms with Crippen LogP contribution in [-0.4, -0.2) is 56.5 Å². The molecule has 1 fully saturated rings. The molecule has 9 nitrogen and oxygen atoms in total. The first-order valence-electron chi connectivity index (χ1n) is 9.67. The maximum atomic E-state index is 12.7. The number of hydrogen-bond donors (Lipinski definition) is 0. The van der Waals surface area contributed by atoms with Crippen molar-refractivity contribution in [2.75, 3.05) is 19.7 Å². The van der Waals surface area contributed by atoms with Crippen molar-refractivity contribution in [1.29, 1.82) is 0 Å². The van der Waals surface area contributed by atoms with Crippen LogP contribution >= 0.6 is 0 Å². The monoisotopic (exact) mass is 397 g/mol. The van der Waals surface area contributed by atoms with Gasteiger partial charge in [-0.15, -0.1) is 0 Å². The van der Waals surface area contributed by atoms with E-state index < -0.39 is 0 Å². The summed E-state index contributed by atoms with van der Waals surface area (Å²) in [5, 5.41) is 7.99. The van der Waals surface area contributed by atoms with Gasteiger partial charge in [-0.05, 0) is 44.0 Å². The van der Waals surface area contributed by atoms with Crippen LogP contribution in [0, 0.1) is 0 Å². The summed E-state index contributed by atoms with van der Waals surface area (Å²) in [6.07, 6.45) is 5.24. The minimum absolute atomic E-state index is 0.106. The summed E-state index contributed by atoms with van der Waals surface area (Å²) in [4.78, 5) is 18.4. The van der Waals surface area contributed by atoms with Gasteiger partial charge in [0.05, 0.1) is 11.8 Å². The Labute approximate surface area is 168 Å². The first-order valence-corrected chi connectivity index (χ1v) is 9.67. The van der Waals surface area contributed by atoms with E-state index in [4.69, 9.17) is 14.0 Å². The average molecular weight is 397 g/mol. The van der Waals surface area contributed by atoms with Crippen molar-refractivity contribution in [3.05, 3.63) is 54.4 Å². The number of likely N-dealkylation sites (N-methyl/N-ethyl adjacent to an activating group) is 1. The summed E-state index contributed by atoms with van der Waals surface area (Å²) < 4.78 is 18.3. The zero-order valence-electron chi connectivity index (χ0n) is 16.2. The molecule has 1 aliphatic heterocycles. The lowest BCUT2D eigenvalue weighted by Crippen LogP contribution is -2.37. The van der Waals surface area contributed by atoms with E-state index >= 15 is 0 Å². The predicted octanol–water partition coefficient (Wildman–Crippen LogP) is 2.48. The number of amides is 1. The maximum Gasteiger partial charge on any atom is 0.276 e. The van der Waals surface area contributed by atoms with Gasteiger partial charge in [0, 0.05) is 25.8 Å². The van der Waals surface area contributed by atoms with E-state index in [0.717, 1.165) is 25.1 Å². The van der Waals surface area contributed by atoms with Gasteiger partial charge in [-0.2, -0.15) is 5.10 Å². The highest BCUT2D eigenvalue weighted by atomic mass is 16.5. The summed E-state index contributed by atoms with van der Waals surface area (Å²) in [6.45, 7) is 4.06. The molecule has 3 heterocycles. The summed E-state index contributed by atoms with van der Waals surface area (Å²) in [5.41, 5.74) is 1.17. The number of ether oxygens (including phenoxy) is 2. The smallest absolute Gasteiger partial charge is 0.276 e. The lowest BCUT2D eigenvalue weighted by atomic mass is 10.2. The van der Waals surface area contributed by atoms with Gasteiger partial charge in [0.25, 0.3) is 5.91 Å². The normalized spacial score (nSPS) is 16.1. The van der Waals surface area contributed by atoms with Crippen LogP contribution in [0.1, 0.15) is 36.0 Å². The SMILES string of the molecule is CCN(C[C@H]1CCCO1)C(=O)c1cc(COc2ccc(-n3cncn3)cc2)on1. The van der Waals surface area contributed by atoms with Gasteiger partial charge in [-0.3, -0.25) is 4.79 Å². The van der Waals surface area contributed by atoms with Crippen LogP contribution in [-0.2, 0) is 11.3 Å². The zero-order valence-corrected chi connectivity index (χ0v) is 16.2. The number of benzene rings is 1. The molecule has 152 valence electrons. The van der Waals surface area contributed by atoms with Crippen LogP contribution in [0.3, 0.4) is 0 Å². The molecule has 1 aromatic carbocycles. The van der Waals surface area contributed by atoms with Gasteiger partial charge in [0.15, 0.2) is 11.5 Å². The third kappa shape index (κ3) is 4.62. The van der Waals surface area contributed by atoms with Crippen molar-refractivity contribution < 1.29 is 18.8 Å². The van der Waals surface area contributed by atoms with Crippen LogP contribution in [0.5, 0.6) is 5.75 Å². The zero-order chi connectivity index (χ0) is 20.1. The first kappa shape index (κ1) is 19.1. The van der Waals surface area contributed by atoms with Gasteiger partial charge >= 0.3 is 0 Å². The Morgan fingerprint density at radius 2 is 2.21 bits per heavy atom. The second kappa shape index (κ2) is 8.87. The van der Waals surface area contributed by atoms with Gasteiger partial charge in [-0.25, -0.2) is 9.67 Å². The van der Waals surface area contributed by atoms with E-state index in [1.165, 1.54) is 6.33 Å². The summed E-state index contributed by atoms with van der Waals surface area (Å²) in [5.74, 6) is 1.00. The van der Waals surface area contributed by atoms with Crippen molar-refractivity contribution in [2.24, 2.45) is 0 Å². The molecule has 1 aliphatic rings. The molecule has 0 saturated carbocycles. The molecule has 0 radical (unpaired) electrons. The Morgan fingerprint density at radius 3 is 2.90 bits per heavy atom. The molecule has 9 heteroatoms. The Kier molecular flexibility index (Phi) is 5.85. The van der Waals surface area contributed by atoms with E-state index in [0.29, 0.717) is 24.6 Å². The van der Waals surface area contributed by atoms with Crippen LogP contribution < -0.4 is 4.74 Å². The van der Waals surface area contributed by atoms with Crippen molar-refractivity contribution in [2.45, 2.75) is 32.5 Å². The first-order chi connectivity index (χ1) is 14.2. The Morgan fingerprint density at radius 1 is 1.34 bits per heavy atom. The Balaban J connectivity index is 1.33. The molecule has 1 amide bonds. The largest absolute Gasteiger partial charge is 0.486 e. The van der Waals surface area contributed by atoms with E-state index in [2.05, 4.69) is 15.2 Å². The highest BCUT2D eigenvalue weighted by molar-refractivity contribution is 5.92. The Bertz CT molecular complexity index is 917.